The molecule has 1 aliphatic carbocycles. The smallest absolute Gasteiger partial charge is 0.357 e. The number of esters is 1. The summed E-state index contributed by atoms with van der Waals surface area (Å²) in [7, 11) is 0. The van der Waals surface area contributed by atoms with Crippen molar-refractivity contribution in [3.63, 3.8) is 0 Å². The van der Waals surface area contributed by atoms with E-state index in [-0.39, 0.29) is 35.4 Å². The van der Waals surface area contributed by atoms with Crippen molar-refractivity contribution in [1.82, 2.24) is 0 Å². The van der Waals surface area contributed by atoms with Crippen molar-refractivity contribution < 1.29 is 14.4 Å². The summed E-state index contributed by atoms with van der Waals surface area (Å²) in [6.07, 6.45) is 2.49. The molecule has 3 aromatic carbocycles. The van der Waals surface area contributed by atoms with E-state index in [1.165, 1.54) is 5.56 Å². The minimum atomic E-state index is -0.366. The second kappa shape index (κ2) is 10.3. The molecule has 0 amide bonds. The number of ether oxygens (including phenoxy) is 1. The molecule has 3 aromatic rings. The van der Waals surface area contributed by atoms with Crippen molar-refractivity contribution in [3.05, 3.63) is 108 Å². The first kappa shape index (κ1) is 24.3. The third kappa shape index (κ3) is 4.82. The van der Waals surface area contributed by atoms with E-state index < -0.39 is 0 Å². The van der Waals surface area contributed by atoms with Crippen molar-refractivity contribution in [1.29, 1.82) is 0 Å². The van der Waals surface area contributed by atoms with E-state index >= 15 is 0 Å². The van der Waals surface area contributed by atoms with Gasteiger partial charge >= 0.3 is 5.97 Å². The molecule has 36 heavy (non-hydrogen) atoms. The zero-order chi connectivity index (χ0) is 25.1. The van der Waals surface area contributed by atoms with Crippen molar-refractivity contribution in [2.24, 2.45) is 17.0 Å². The Labute approximate surface area is 214 Å². The molecule has 2 aliphatic rings. The Morgan fingerprint density at radius 2 is 1.44 bits per heavy atom. The number of oxime groups is 1. The van der Waals surface area contributed by atoms with Gasteiger partial charge in [-0.3, -0.25) is 0 Å². The minimum Gasteiger partial charge on any atom is -0.457 e. The van der Waals surface area contributed by atoms with Crippen LogP contribution >= 0.6 is 0 Å². The lowest BCUT2D eigenvalue weighted by Gasteiger charge is -2.44. The summed E-state index contributed by atoms with van der Waals surface area (Å²) in [5.41, 5.74) is 3.50. The predicted octanol–water partition coefficient (Wildman–Crippen LogP) is 7.22. The van der Waals surface area contributed by atoms with Crippen LogP contribution in [0.4, 0.5) is 0 Å². The van der Waals surface area contributed by atoms with Gasteiger partial charge in [-0.1, -0.05) is 123 Å². The molecule has 5 rings (SSSR count). The highest BCUT2D eigenvalue weighted by Gasteiger charge is 2.45. The fourth-order valence-corrected chi connectivity index (χ4v) is 5.99. The number of nitrogens with zero attached hydrogens (tertiary/aromatic N) is 1. The monoisotopic (exact) mass is 481 g/mol. The van der Waals surface area contributed by atoms with Crippen LogP contribution in [0.5, 0.6) is 0 Å². The van der Waals surface area contributed by atoms with Crippen LogP contribution in [0, 0.1) is 11.8 Å². The molecule has 4 nitrogen and oxygen atoms in total. The number of benzene rings is 3. The molecule has 1 heterocycles. The molecule has 1 aliphatic heterocycles. The van der Waals surface area contributed by atoms with Gasteiger partial charge in [0.05, 0.1) is 5.92 Å². The zero-order valence-corrected chi connectivity index (χ0v) is 21.3. The first-order valence-corrected chi connectivity index (χ1v) is 13.0. The van der Waals surface area contributed by atoms with Crippen LogP contribution in [0.3, 0.4) is 0 Å². The summed E-state index contributed by atoms with van der Waals surface area (Å²) in [4.78, 5) is 19.7. The summed E-state index contributed by atoms with van der Waals surface area (Å²) in [5.74, 6) is 0.0513. The highest BCUT2D eigenvalue weighted by Crippen LogP contribution is 2.45. The first-order valence-electron chi connectivity index (χ1n) is 13.0. The highest BCUT2D eigenvalue weighted by molar-refractivity contribution is 6.39. The lowest BCUT2D eigenvalue weighted by atomic mass is 9.64. The number of carbonyl (C=O) groups excluding carboxylic acids is 1. The Kier molecular flexibility index (Phi) is 6.95. The molecule has 5 atom stereocenters. The summed E-state index contributed by atoms with van der Waals surface area (Å²) in [6.45, 7) is 6.80. The van der Waals surface area contributed by atoms with Gasteiger partial charge in [0, 0.05) is 5.92 Å². The largest absolute Gasteiger partial charge is 0.457 e. The topological polar surface area (TPSA) is 47.9 Å². The maximum absolute atomic E-state index is 13.8. The Bertz CT molecular complexity index is 1190. The molecule has 0 bridgehead atoms. The van der Waals surface area contributed by atoms with E-state index in [0.717, 1.165) is 30.4 Å². The van der Waals surface area contributed by atoms with Gasteiger partial charge in [-0.25, -0.2) is 4.79 Å². The number of hydrogen-bond donors (Lipinski definition) is 0. The lowest BCUT2D eigenvalue weighted by molar-refractivity contribution is -0.148. The molecule has 0 radical (unpaired) electrons. The fourth-order valence-electron chi connectivity index (χ4n) is 5.99. The maximum atomic E-state index is 13.8. The molecule has 1 saturated carbocycles. The van der Waals surface area contributed by atoms with E-state index in [0.29, 0.717) is 11.6 Å². The van der Waals surface area contributed by atoms with Gasteiger partial charge < -0.3 is 9.57 Å². The van der Waals surface area contributed by atoms with E-state index in [4.69, 9.17) is 9.57 Å². The van der Waals surface area contributed by atoms with Crippen molar-refractivity contribution in [3.8, 4) is 0 Å². The Morgan fingerprint density at radius 3 is 2.08 bits per heavy atom. The molecular weight excluding hydrogens is 446 g/mol. The van der Waals surface area contributed by atoms with Crippen LogP contribution in [0.2, 0.25) is 0 Å². The van der Waals surface area contributed by atoms with Crippen LogP contribution in [0.25, 0.3) is 0 Å². The Hall–Kier alpha value is -3.40. The van der Waals surface area contributed by atoms with Gasteiger partial charge in [-0.15, -0.1) is 0 Å². The van der Waals surface area contributed by atoms with Crippen LogP contribution in [0.1, 0.15) is 68.7 Å². The van der Waals surface area contributed by atoms with E-state index in [9.17, 15) is 4.79 Å². The van der Waals surface area contributed by atoms with Crippen molar-refractivity contribution in [2.45, 2.75) is 63.6 Å². The number of carbonyl (C=O) groups is 1. The molecule has 0 aromatic heterocycles. The second-order valence-corrected chi connectivity index (χ2v) is 10.9. The average molecular weight is 482 g/mol. The standard InChI is InChI=1S/C32H35NO3/c1-22-19-20-26(32(2,3)25-17-11-6-12-18-25)27(21-22)35-31(34)29-28(23-13-7-4-8-14-23)30(36-33-29)24-15-9-5-10-16-24/h4-18,22,26-28,30H,19-21H2,1-3H3/t22-,26-,27-,28-,30+/m1/s1. The maximum Gasteiger partial charge on any atom is 0.357 e. The zero-order valence-electron chi connectivity index (χ0n) is 21.3. The van der Waals surface area contributed by atoms with Crippen LogP contribution in [0.15, 0.2) is 96.2 Å². The molecule has 0 spiro atoms. The van der Waals surface area contributed by atoms with E-state index in [1.807, 2.05) is 66.7 Å². The molecule has 0 N–H and O–H groups in total. The summed E-state index contributed by atoms with van der Waals surface area (Å²) < 4.78 is 6.35. The molecular formula is C32H35NO3. The number of hydrogen-bond acceptors (Lipinski definition) is 4. The van der Waals surface area contributed by atoms with Gasteiger partial charge in [-0.05, 0) is 40.9 Å². The molecule has 0 saturated heterocycles. The Morgan fingerprint density at radius 1 is 0.861 bits per heavy atom. The summed E-state index contributed by atoms with van der Waals surface area (Å²) in [5, 5.41) is 4.32. The first-order chi connectivity index (χ1) is 17.4. The average Bonchev–Trinajstić information content (AvgIpc) is 3.36. The normalized spacial score (nSPS) is 26.1. The summed E-state index contributed by atoms with van der Waals surface area (Å²) in [6, 6.07) is 30.6. The third-order valence-electron chi connectivity index (χ3n) is 8.12. The SMILES string of the molecule is C[C@@H]1CC[C@@H](C(C)(C)c2ccccc2)[C@H](OC(=O)C2=NO[C@@H](c3ccccc3)[C@@H]2c2ccccc2)C1. The van der Waals surface area contributed by atoms with Crippen molar-refractivity contribution in [2.75, 3.05) is 0 Å². The molecule has 0 unspecified atom stereocenters. The van der Waals surface area contributed by atoms with Gasteiger partial charge in [0.25, 0.3) is 0 Å². The van der Waals surface area contributed by atoms with Gasteiger partial charge in [0.15, 0.2) is 11.8 Å². The van der Waals surface area contributed by atoms with Gasteiger partial charge in [0.2, 0.25) is 0 Å². The van der Waals surface area contributed by atoms with E-state index in [2.05, 4.69) is 50.2 Å². The van der Waals surface area contributed by atoms with E-state index in [1.54, 1.807) is 0 Å². The lowest BCUT2D eigenvalue weighted by Crippen LogP contribution is -2.44. The van der Waals surface area contributed by atoms with Crippen LogP contribution in [-0.4, -0.2) is 17.8 Å². The minimum absolute atomic E-state index is 0.119. The predicted molar refractivity (Wildman–Crippen MR) is 143 cm³/mol. The third-order valence-corrected chi connectivity index (χ3v) is 8.12. The Balaban J connectivity index is 1.42. The molecule has 1 fully saturated rings. The molecule has 186 valence electrons. The van der Waals surface area contributed by atoms with Gasteiger partial charge in [0.1, 0.15) is 6.10 Å². The summed E-state index contributed by atoms with van der Waals surface area (Å²) >= 11 is 0. The molecule has 4 heteroatoms. The van der Waals surface area contributed by atoms with Crippen molar-refractivity contribution >= 4 is 11.7 Å². The quantitative estimate of drug-likeness (QED) is 0.349. The fraction of sp³-hybridized carbons (Fsp3) is 0.375. The van der Waals surface area contributed by atoms with Crippen LogP contribution < -0.4 is 0 Å². The number of rotatable bonds is 6. The van der Waals surface area contributed by atoms with Crippen LogP contribution in [-0.2, 0) is 19.8 Å². The van der Waals surface area contributed by atoms with Gasteiger partial charge in [-0.2, -0.15) is 0 Å². The highest BCUT2D eigenvalue weighted by atomic mass is 16.6. The second-order valence-electron chi connectivity index (χ2n) is 10.9.